The van der Waals surface area contributed by atoms with E-state index in [1.165, 1.54) is 18.1 Å². The second kappa shape index (κ2) is 10.3. The normalized spacial score (nSPS) is 17.3. The van der Waals surface area contributed by atoms with Crippen LogP contribution >= 0.6 is 0 Å². The first-order chi connectivity index (χ1) is 15.0. The number of amides is 3. The first-order valence-corrected chi connectivity index (χ1v) is 10.3. The van der Waals surface area contributed by atoms with Crippen molar-refractivity contribution in [1.29, 1.82) is 0 Å². The fraction of sp³-hybridized carbons (Fsp3) is 0.500. The number of carbonyl (C=O) groups excluding carboxylic acids is 3. The lowest BCUT2D eigenvalue weighted by molar-refractivity contribution is -0.142. The van der Waals surface area contributed by atoms with Crippen molar-refractivity contribution in [1.82, 2.24) is 14.7 Å². The van der Waals surface area contributed by atoms with Crippen molar-refractivity contribution in [3.05, 3.63) is 23.8 Å². The minimum Gasteiger partial charge on any atom is -0.493 e. The molecule has 0 saturated carbocycles. The Morgan fingerprint density at radius 2 is 1.61 bits per heavy atom. The van der Waals surface area contributed by atoms with E-state index in [1.54, 1.807) is 37.3 Å². The van der Waals surface area contributed by atoms with E-state index in [9.17, 15) is 14.4 Å². The summed E-state index contributed by atoms with van der Waals surface area (Å²) in [5.41, 5.74) is 0.752. The molecule has 2 saturated heterocycles. The van der Waals surface area contributed by atoms with Crippen LogP contribution in [0.3, 0.4) is 0 Å². The molecule has 3 amide bonds. The summed E-state index contributed by atoms with van der Waals surface area (Å²) in [6.07, 6.45) is 4.42. The van der Waals surface area contributed by atoms with Crippen LogP contribution in [0.2, 0.25) is 0 Å². The molecule has 0 atom stereocenters. The van der Waals surface area contributed by atoms with Crippen LogP contribution in [0.25, 0.3) is 6.08 Å². The smallest absolute Gasteiger partial charge is 0.246 e. The number of methoxy groups -OCH3 is 3. The summed E-state index contributed by atoms with van der Waals surface area (Å²) in [5.74, 6) is 1.19. The molecule has 9 heteroatoms. The Labute approximate surface area is 182 Å². The number of nitrogens with zero attached hydrogens (tertiary/aromatic N) is 3. The van der Waals surface area contributed by atoms with E-state index in [1.807, 2.05) is 4.90 Å². The number of hydrogen-bond donors (Lipinski definition) is 0. The summed E-state index contributed by atoms with van der Waals surface area (Å²) in [6.45, 7) is 2.98. The van der Waals surface area contributed by atoms with Crippen LogP contribution in [0.4, 0.5) is 0 Å². The molecule has 0 aromatic heterocycles. The van der Waals surface area contributed by atoms with Crippen molar-refractivity contribution in [3.8, 4) is 17.2 Å². The molecule has 0 aliphatic carbocycles. The minimum absolute atomic E-state index is 0.0873. The predicted octanol–water partition coefficient (Wildman–Crippen LogP) is 1.02. The monoisotopic (exact) mass is 431 g/mol. The van der Waals surface area contributed by atoms with Gasteiger partial charge in [0.15, 0.2) is 11.5 Å². The van der Waals surface area contributed by atoms with Gasteiger partial charge in [-0.1, -0.05) is 0 Å². The van der Waals surface area contributed by atoms with Crippen molar-refractivity contribution in [2.45, 2.75) is 12.8 Å². The molecule has 0 radical (unpaired) electrons. The maximum Gasteiger partial charge on any atom is 0.246 e. The lowest BCUT2D eigenvalue weighted by Crippen LogP contribution is -2.51. The van der Waals surface area contributed by atoms with Gasteiger partial charge in [-0.15, -0.1) is 0 Å². The molecule has 2 heterocycles. The highest BCUT2D eigenvalue weighted by Crippen LogP contribution is 2.38. The Balaban J connectivity index is 1.54. The largest absolute Gasteiger partial charge is 0.493 e. The molecule has 2 aliphatic rings. The van der Waals surface area contributed by atoms with Crippen molar-refractivity contribution in [3.63, 3.8) is 0 Å². The number of rotatable bonds is 7. The van der Waals surface area contributed by atoms with Gasteiger partial charge in [-0.2, -0.15) is 0 Å². The van der Waals surface area contributed by atoms with E-state index >= 15 is 0 Å². The SMILES string of the molecule is COc1cc(C=CC(=O)N2CCN(CC(=O)N3CCCC3=O)CC2)cc(OC)c1OC. The first kappa shape index (κ1) is 22.6. The van der Waals surface area contributed by atoms with Gasteiger partial charge in [0.05, 0.1) is 27.9 Å². The molecule has 1 aromatic rings. The number of piperazine rings is 1. The summed E-state index contributed by atoms with van der Waals surface area (Å²) in [6, 6.07) is 3.54. The molecule has 1 aromatic carbocycles. The summed E-state index contributed by atoms with van der Waals surface area (Å²) in [5, 5.41) is 0. The van der Waals surface area contributed by atoms with E-state index in [2.05, 4.69) is 0 Å². The number of imide groups is 1. The van der Waals surface area contributed by atoms with Gasteiger partial charge in [0.25, 0.3) is 0 Å². The molecule has 0 unspecified atom stereocenters. The second-order valence-corrected chi connectivity index (χ2v) is 7.44. The first-order valence-electron chi connectivity index (χ1n) is 10.3. The number of hydrogen-bond acceptors (Lipinski definition) is 7. The maximum absolute atomic E-state index is 12.6. The molecule has 0 bridgehead atoms. The maximum atomic E-state index is 12.6. The molecule has 31 heavy (non-hydrogen) atoms. The van der Waals surface area contributed by atoms with Gasteiger partial charge in [-0.25, -0.2) is 0 Å². The molecule has 9 nitrogen and oxygen atoms in total. The highest BCUT2D eigenvalue weighted by molar-refractivity contribution is 5.97. The predicted molar refractivity (Wildman–Crippen MR) is 114 cm³/mol. The molecule has 2 fully saturated rings. The summed E-state index contributed by atoms with van der Waals surface area (Å²) in [4.78, 5) is 41.7. The van der Waals surface area contributed by atoms with Gasteiger partial charge >= 0.3 is 0 Å². The van der Waals surface area contributed by atoms with Crippen LogP contribution in [0.15, 0.2) is 18.2 Å². The average molecular weight is 431 g/mol. The zero-order valence-electron chi connectivity index (χ0n) is 18.3. The fourth-order valence-corrected chi connectivity index (χ4v) is 3.79. The van der Waals surface area contributed by atoms with Crippen LogP contribution in [-0.4, -0.2) is 93.0 Å². The highest BCUT2D eigenvalue weighted by Gasteiger charge is 2.29. The Kier molecular flexibility index (Phi) is 7.51. The van der Waals surface area contributed by atoms with Crippen LogP contribution in [0.1, 0.15) is 18.4 Å². The number of benzene rings is 1. The zero-order valence-corrected chi connectivity index (χ0v) is 18.3. The van der Waals surface area contributed by atoms with E-state index < -0.39 is 0 Å². The number of carbonyl (C=O) groups is 3. The molecule has 3 rings (SSSR count). The summed E-state index contributed by atoms with van der Waals surface area (Å²) >= 11 is 0. The van der Waals surface area contributed by atoms with E-state index in [-0.39, 0.29) is 24.3 Å². The molecular weight excluding hydrogens is 402 g/mol. The third kappa shape index (κ3) is 5.35. The van der Waals surface area contributed by atoms with Crippen LogP contribution in [-0.2, 0) is 14.4 Å². The van der Waals surface area contributed by atoms with Crippen molar-refractivity contribution in [2.75, 3.05) is 60.6 Å². The van der Waals surface area contributed by atoms with Crippen molar-refractivity contribution in [2.24, 2.45) is 0 Å². The fourth-order valence-electron chi connectivity index (χ4n) is 3.79. The Hall–Kier alpha value is -3.07. The minimum atomic E-state index is -0.149. The van der Waals surface area contributed by atoms with Crippen LogP contribution < -0.4 is 14.2 Å². The van der Waals surface area contributed by atoms with Gasteiger partial charge in [-0.05, 0) is 30.2 Å². The quantitative estimate of drug-likeness (QED) is 0.596. The Morgan fingerprint density at radius 1 is 0.968 bits per heavy atom. The Morgan fingerprint density at radius 3 is 2.13 bits per heavy atom. The highest BCUT2D eigenvalue weighted by atomic mass is 16.5. The van der Waals surface area contributed by atoms with E-state index in [0.29, 0.717) is 56.4 Å². The number of likely N-dealkylation sites (tertiary alicyclic amines) is 1. The van der Waals surface area contributed by atoms with E-state index in [4.69, 9.17) is 14.2 Å². The van der Waals surface area contributed by atoms with Crippen molar-refractivity contribution < 1.29 is 28.6 Å². The summed E-state index contributed by atoms with van der Waals surface area (Å²) < 4.78 is 16.0. The van der Waals surface area contributed by atoms with Crippen molar-refractivity contribution >= 4 is 23.8 Å². The van der Waals surface area contributed by atoms with Crippen LogP contribution in [0, 0.1) is 0 Å². The second-order valence-electron chi connectivity index (χ2n) is 7.44. The van der Waals surface area contributed by atoms with Crippen LogP contribution in [0.5, 0.6) is 17.2 Å². The van der Waals surface area contributed by atoms with Gasteiger partial charge in [0.1, 0.15) is 0 Å². The molecule has 2 aliphatic heterocycles. The third-order valence-electron chi connectivity index (χ3n) is 5.52. The van der Waals surface area contributed by atoms with Gasteiger partial charge in [0, 0.05) is 45.2 Å². The lowest BCUT2D eigenvalue weighted by atomic mass is 10.1. The van der Waals surface area contributed by atoms with Gasteiger partial charge in [-0.3, -0.25) is 24.2 Å². The lowest BCUT2D eigenvalue weighted by Gasteiger charge is -2.34. The van der Waals surface area contributed by atoms with E-state index in [0.717, 1.165) is 12.0 Å². The molecular formula is C22H29N3O6. The topological polar surface area (TPSA) is 88.6 Å². The molecule has 0 N–H and O–H groups in total. The standard InChI is InChI=1S/C22H29N3O6/c1-29-17-13-16(14-18(30-2)22(17)31-3)6-7-19(26)24-11-9-23(10-12-24)15-21(28)25-8-4-5-20(25)27/h6-7,13-14H,4-5,8-12,15H2,1-3H3. The molecule has 168 valence electrons. The molecule has 0 spiro atoms. The van der Waals surface area contributed by atoms with Gasteiger partial charge < -0.3 is 19.1 Å². The zero-order chi connectivity index (χ0) is 22.4. The third-order valence-corrected chi connectivity index (χ3v) is 5.52. The van der Waals surface area contributed by atoms with Gasteiger partial charge in [0.2, 0.25) is 23.5 Å². The summed E-state index contributed by atoms with van der Waals surface area (Å²) in [7, 11) is 4.62. The Bertz CT molecular complexity index is 836. The number of ether oxygens (including phenoxy) is 3. The average Bonchev–Trinajstić information content (AvgIpc) is 3.23.